The van der Waals surface area contributed by atoms with Gasteiger partial charge in [-0.1, -0.05) is 280 Å². The van der Waals surface area contributed by atoms with Crippen LogP contribution in [0, 0.1) is 20.3 Å². The van der Waals surface area contributed by atoms with Crippen molar-refractivity contribution in [1.29, 1.82) is 0 Å². The van der Waals surface area contributed by atoms with E-state index in [4.69, 9.17) is 31.9 Å². The van der Waals surface area contributed by atoms with Gasteiger partial charge in [-0.15, -0.1) is 17.5 Å². The van der Waals surface area contributed by atoms with Gasteiger partial charge in [-0.2, -0.15) is 0 Å². The molecule has 2 aromatic rings. The molecule has 0 saturated heterocycles. The molecule has 1 aliphatic rings. The fourth-order valence-electron chi connectivity index (χ4n) is 17.6. The second-order valence-corrected chi connectivity index (χ2v) is 54.3. The van der Waals surface area contributed by atoms with E-state index in [1.165, 1.54) is 38.5 Å². The number of carbonyl (C=O) groups is 2. The van der Waals surface area contributed by atoms with Gasteiger partial charge in [0.1, 0.15) is 11.5 Å². The average molecular weight is 1470 g/mol. The zero-order valence-corrected chi connectivity index (χ0v) is 73.0. The number of aryl methyl sites for hydroxylation is 2. The largest absolute Gasteiger partial charge is 0.526 e. The van der Waals surface area contributed by atoms with Gasteiger partial charge in [0, 0.05) is 45.6 Å². The molecule has 2 N–H and O–H groups in total. The van der Waals surface area contributed by atoms with E-state index >= 15 is 0 Å². The summed E-state index contributed by atoms with van der Waals surface area (Å²) < 4.78 is 47.6. The number of ether oxygens (including phenoxy) is 3. The summed E-state index contributed by atoms with van der Waals surface area (Å²) in [6.45, 7) is 63.6. The first-order valence-electron chi connectivity index (χ1n) is 38.4. The Bertz CT molecular complexity index is 2160. The zero-order chi connectivity index (χ0) is 70.7. The van der Waals surface area contributed by atoms with Crippen molar-refractivity contribution in [3.63, 3.8) is 0 Å². The summed E-state index contributed by atoms with van der Waals surface area (Å²) in [5.74, 6) is 3.59. The van der Waals surface area contributed by atoms with E-state index in [1.807, 2.05) is 12.1 Å². The van der Waals surface area contributed by atoms with Crippen LogP contribution in [0.4, 0.5) is 0 Å². The molecular formula is C79H147N2O9Si4Y-. The summed E-state index contributed by atoms with van der Waals surface area (Å²) >= 11 is 0. The van der Waals surface area contributed by atoms with E-state index in [9.17, 15) is 9.59 Å². The predicted molar refractivity (Wildman–Crippen MR) is 411 cm³/mol. The third-order valence-corrected chi connectivity index (χ3v) is 46.3. The van der Waals surface area contributed by atoms with Gasteiger partial charge in [0.25, 0.3) is 0 Å². The van der Waals surface area contributed by atoms with Crippen LogP contribution in [-0.4, -0.2) is 96.8 Å². The van der Waals surface area contributed by atoms with Crippen molar-refractivity contribution in [2.45, 2.75) is 374 Å². The molecule has 2 amide bonds. The van der Waals surface area contributed by atoms with Crippen LogP contribution in [0.15, 0.2) is 24.3 Å². The quantitative estimate of drug-likeness (QED) is 0.0323. The molecule has 3 rings (SSSR count). The minimum Gasteiger partial charge on any atom is -0.526 e. The van der Waals surface area contributed by atoms with Crippen molar-refractivity contribution in [2.75, 3.05) is 39.6 Å². The molecular weight excluding hydrogens is 1320 g/mol. The van der Waals surface area contributed by atoms with Crippen molar-refractivity contribution in [2.24, 2.45) is 0 Å². The first kappa shape index (κ1) is 89.5. The van der Waals surface area contributed by atoms with E-state index in [-0.39, 0.29) is 56.6 Å². The van der Waals surface area contributed by atoms with Crippen LogP contribution < -0.4 is 24.8 Å². The Morgan fingerprint density at radius 1 is 0.358 bits per heavy atom. The number of rotatable bonds is 50. The van der Waals surface area contributed by atoms with E-state index in [2.05, 4.69) is 209 Å². The molecule has 11 nitrogen and oxygen atoms in total. The number of amides is 2. The monoisotopic (exact) mass is 1470 g/mol. The molecule has 1 radical (unpaired) electrons. The fraction of sp³-hybridized carbons (Fsp3) is 0.810. The normalized spacial score (nSPS) is 13.3. The molecule has 0 bridgehead atoms. The SMILES string of the molecule is Cc1cc(OCCCCCCCCCCC(=O)NC(CO[Si](C(C)C)(C(C)C)C(C)C)CO[Si](C(C)C)(C(C)C)C(C)C)cc2c1[CH-]c1c(C)cc(OCCCCCCCCCCC(=O)NC(CO[Si](C(C)C)(C(C)C)C(C)C)CO[Si](C(C)C)(C(C)C)C(C)C)cc1O2.[Y]. The van der Waals surface area contributed by atoms with Gasteiger partial charge in [0.2, 0.25) is 11.8 Å². The minimum atomic E-state index is -2.11. The van der Waals surface area contributed by atoms with E-state index < -0.39 is 33.3 Å². The maximum absolute atomic E-state index is 13.6. The predicted octanol–water partition coefficient (Wildman–Crippen LogP) is 23.5. The van der Waals surface area contributed by atoms with Gasteiger partial charge >= 0.3 is 0 Å². The van der Waals surface area contributed by atoms with Gasteiger partial charge in [-0.05, 0) is 104 Å². The summed E-state index contributed by atoms with van der Waals surface area (Å²) in [5.41, 5.74) is 10.3. The Morgan fingerprint density at radius 2 is 0.579 bits per heavy atom. The molecule has 95 heavy (non-hydrogen) atoms. The van der Waals surface area contributed by atoms with E-state index in [1.54, 1.807) is 0 Å². The summed E-state index contributed by atoms with van der Waals surface area (Å²) in [6, 6.07) is 8.05. The first-order valence-corrected chi connectivity index (χ1v) is 47.0. The molecule has 0 aromatic heterocycles. The molecule has 1 heterocycles. The molecule has 0 saturated carbocycles. The Hall–Kier alpha value is -1.54. The Morgan fingerprint density at radius 3 is 0.811 bits per heavy atom. The zero-order valence-electron chi connectivity index (χ0n) is 66.2. The van der Waals surface area contributed by atoms with Crippen molar-refractivity contribution in [3.05, 3.63) is 52.9 Å². The third-order valence-electron chi connectivity index (χ3n) is 22.0. The fourth-order valence-corrected chi connectivity index (χ4v) is 39.5. The molecule has 2 aromatic carbocycles. The molecule has 16 heteroatoms. The smallest absolute Gasteiger partial charge is 0.220 e. The third kappa shape index (κ3) is 26.0. The van der Waals surface area contributed by atoms with Crippen LogP contribution in [0.25, 0.3) is 0 Å². The van der Waals surface area contributed by atoms with Crippen LogP contribution in [0.5, 0.6) is 23.0 Å². The molecule has 0 atom stereocenters. The van der Waals surface area contributed by atoms with Crippen molar-refractivity contribution < 1.29 is 74.2 Å². The van der Waals surface area contributed by atoms with Crippen molar-refractivity contribution in [1.82, 2.24) is 10.6 Å². The summed E-state index contributed by atoms with van der Waals surface area (Å²) in [4.78, 5) is 27.1. The van der Waals surface area contributed by atoms with Crippen molar-refractivity contribution >= 4 is 45.1 Å². The number of fused-ring (bicyclic) bond motifs is 2. The standard InChI is InChI=1S/C79H147N2O9Si4.Y/c1-56(2)91(57(3)4,58(5)6)86-52-70(53-87-92(59(7)8,60(9)10)61(11)12)80-78(82)43-39-35-31-27-29-33-37-41-45-84-72-47-68(25)74-51-75-69(26)48-73(50-77(75)90-76(74)49-72)85-46-42-38-34-30-28-32-36-40-44-79(83)81-71(54-88-93(62(13)14,63(15)16)64(17)18)55-89-94(65(19)20,66(21)22)67(23)24;/h47-51,56-67,70-71H,27-46,52-55H2,1-26H3,(H,80,82)(H,81,83);/q-1;. The van der Waals surface area contributed by atoms with Gasteiger partial charge in [-0.3, -0.25) is 9.59 Å². The van der Waals surface area contributed by atoms with Gasteiger partial charge < -0.3 is 42.5 Å². The maximum atomic E-state index is 13.6. The number of carbonyl (C=O) groups excluding carboxylic acids is 2. The molecule has 0 aliphatic carbocycles. The molecule has 0 unspecified atom stereocenters. The van der Waals surface area contributed by atoms with Gasteiger partial charge in [-0.25, -0.2) is 0 Å². The molecule has 1 aliphatic heterocycles. The number of hydrogen-bond acceptors (Lipinski definition) is 9. The number of hydrogen-bond donors (Lipinski definition) is 2. The van der Waals surface area contributed by atoms with Crippen molar-refractivity contribution in [3.8, 4) is 23.0 Å². The minimum absolute atomic E-state index is 0. The van der Waals surface area contributed by atoms with Crippen LogP contribution in [-0.2, 0) is 60.0 Å². The Labute approximate surface area is 615 Å². The molecule has 547 valence electrons. The Kier molecular flexibility index (Phi) is 41.6. The molecule has 0 spiro atoms. The second kappa shape index (κ2) is 44.1. The van der Waals surface area contributed by atoms with Crippen LogP contribution >= 0.6 is 0 Å². The van der Waals surface area contributed by atoms with E-state index in [0.29, 0.717) is 119 Å². The topological polar surface area (TPSA) is 123 Å². The number of unbranched alkanes of at least 4 members (excludes halogenated alkanes) is 14. The second-order valence-electron chi connectivity index (χ2n) is 32.4. The Balaban J connectivity index is 0.0000307. The van der Waals surface area contributed by atoms with Crippen LogP contribution in [0.1, 0.15) is 304 Å². The molecule has 0 fully saturated rings. The summed E-state index contributed by atoms with van der Waals surface area (Å²) in [7, 11) is -8.46. The number of nitrogens with one attached hydrogen (secondary N) is 2. The van der Waals surface area contributed by atoms with E-state index in [0.717, 1.165) is 109 Å². The van der Waals surface area contributed by atoms with Gasteiger partial charge in [0.05, 0.1) is 63.2 Å². The van der Waals surface area contributed by atoms with Crippen LogP contribution in [0.3, 0.4) is 0 Å². The summed E-state index contributed by atoms with van der Waals surface area (Å²) in [5, 5.41) is 6.84. The van der Waals surface area contributed by atoms with Crippen LogP contribution in [0.2, 0.25) is 66.5 Å². The van der Waals surface area contributed by atoms with Gasteiger partial charge in [0.15, 0.2) is 33.3 Å². The first-order chi connectivity index (χ1) is 44.2. The average Bonchev–Trinajstić information content (AvgIpc) is 0.806. The number of benzene rings is 2. The maximum Gasteiger partial charge on any atom is 0.220 e. The summed E-state index contributed by atoms with van der Waals surface area (Å²) in [6.07, 6.45) is 21.0.